The zero-order valence-electron chi connectivity index (χ0n) is 36.3. The molecule has 0 aromatic carbocycles. The molecule has 330 valence electrons. The predicted octanol–water partition coefficient (Wildman–Crippen LogP) is 5.32. The Morgan fingerprint density at radius 2 is 1.39 bits per heavy atom. The van der Waals surface area contributed by atoms with Crippen LogP contribution in [0, 0.1) is 63.1 Å². The first-order valence-electron chi connectivity index (χ1n) is 23.3. The molecule has 13 rings (SSSR count). The van der Waals surface area contributed by atoms with E-state index in [1.165, 1.54) is 14.2 Å². The number of epoxide rings is 3. The minimum Gasteiger partial charge on any atom is -0.469 e. The van der Waals surface area contributed by atoms with Crippen LogP contribution in [0.25, 0.3) is 0 Å². The number of hydrogen-bond acceptors (Lipinski definition) is 13. The lowest BCUT2D eigenvalue weighted by atomic mass is 9.41. The zero-order chi connectivity index (χ0) is 42.7. The van der Waals surface area contributed by atoms with Crippen LogP contribution >= 0.6 is 0 Å². The molecule has 5 heterocycles. The summed E-state index contributed by atoms with van der Waals surface area (Å²) in [6, 6.07) is 0. The summed E-state index contributed by atoms with van der Waals surface area (Å²) in [5.41, 5.74) is -1.74. The van der Waals surface area contributed by atoms with Gasteiger partial charge in [0.05, 0.1) is 44.4 Å². The standard InChI is InChI=1S/C24H30O7.C24H30O6/c1-20-11-15-24(29-15)17(13(20)4-8-22(20)9-6-16(26)30-22)12(19(27)28-3)10-23-18(31-23)14(25)5-7-21(23,24)2;1-22-7-4-13(25)10-12(22)11-14(21(27)28-3)17-15-5-8-24(9-6-16(26)30-24)23(15,2)20-19(29-20)18(17)22/h12-13,15,17-18H,4-11H2,1-3H3;10,14-15,17-20H,4-9,11H2,1-3H3/t12-,13?,15-,17?,18-,20+,21+,22-,23?,24-;14-,15?,17?,18?,19+,20+,22+,23-,24-/m11/s1. The van der Waals surface area contributed by atoms with E-state index in [-0.39, 0.29) is 117 Å². The van der Waals surface area contributed by atoms with Crippen LogP contribution in [0.15, 0.2) is 11.6 Å². The highest BCUT2D eigenvalue weighted by Gasteiger charge is 2.91. The molecular formula is C48H60O13. The van der Waals surface area contributed by atoms with Gasteiger partial charge in [-0.1, -0.05) is 33.3 Å². The highest BCUT2D eigenvalue weighted by atomic mass is 16.6. The lowest BCUT2D eigenvalue weighted by Crippen LogP contribution is -2.68. The van der Waals surface area contributed by atoms with E-state index < -0.39 is 28.5 Å². The van der Waals surface area contributed by atoms with E-state index in [0.717, 1.165) is 63.4 Å². The summed E-state index contributed by atoms with van der Waals surface area (Å²) in [7, 11) is 2.90. The number of ketones is 2. The van der Waals surface area contributed by atoms with Gasteiger partial charge in [-0.3, -0.25) is 28.8 Å². The molecule has 7 saturated carbocycles. The molecule has 0 N–H and O–H groups in total. The topological polar surface area (TPSA) is 177 Å². The van der Waals surface area contributed by atoms with Crippen LogP contribution in [0.1, 0.15) is 124 Å². The number of Topliss-reactive ketones (excluding diaryl/α,β-unsaturated/α-hetero) is 1. The van der Waals surface area contributed by atoms with E-state index in [2.05, 4.69) is 27.7 Å². The van der Waals surface area contributed by atoms with Crippen molar-refractivity contribution in [2.24, 2.45) is 63.1 Å². The first kappa shape index (κ1) is 39.4. The molecule has 5 aliphatic heterocycles. The maximum Gasteiger partial charge on any atom is 0.309 e. The zero-order valence-corrected chi connectivity index (χ0v) is 36.3. The largest absolute Gasteiger partial charge is 0.469 e. The maximum absolute atomic E-state index is 13.2. The summed E-state index contributed by atoms with van der Waals surface area (Å²) in [4.78, 5) is 75.2. The summed E-state index contributed by atoms with van der Waals surface area (Å²) < 4.78 is 42.0. The molecule has 0 radical (unpaired) electrons. The van der Waals surface area contributed by atoms with Gasteiger partial charge in [0.25, 0.3) is 0 Å². The molecule has 8 aliphatic carbocycles. The van der Waals surface area contributed by atoms with Crippen LogP contribution in [0.5, 0.6) is 0 Å². The quantitative estimate of drug-likeness (QED) is 0.199. The third kappa shape index (κ3) is 4.41. The number of ether oxygens (including phenoxy) is 7. The van der Waals surface area contributed by atoms with Crippen molar-refractivity contribution < 1.29 is 61.9 Å². The van der Waals surface area contributed by atoms with E-state index >= 15 is 0 Å². The second-order valence-corrected chi connectivity index (χ2v) is 22.6. The molecule has 19 atom stereocenters. The Kier molecular flexibility index (Phi) is 7.72. The summed E-state index contributed by atoms with van der Waals surface area (Å²) in [5.74, 6) is -0.149. The van der Waals surface area contributed by atoms with Gasteiger partial charge in [-0.15, -0.1) is 0 Å². The highest BCUT2D eigenvalue weighted by Crippen LogP contribution is 2.82. The molecule has 0 aromatic heterocycles. The van der Waals surface area contributed by atoms with Crippen molar-refractivity contribution in [2.75, 3.05) is 14.2 Å². The Bertz CT molecular complexity index is 2130. The lowest BCUT2D eigenvalue weighted by molar-refractivity contribution is -0.184. The van der Waals surface area contributed by atoms with Crippen LogP contribution in [-0.4, -0.2) is 96.5 Å². The molecule has 5 saturated heterocycles. The van der Waals surface area contributed by atoms with E-state index in [0.29, 0.717) is 38.5 Å². The van der Waals surface area contributed by atoms with Gasteiger partial charge >= 0.3 is 23.9 Å². The molecular weight excluding hydrogens is 785 g/mol. The average Bonchev–Trinajstić information content (AvgIpc) is 4.18. The van der Waals surface area contributed by atoms with E-state index in [4.69, 9.17) is 33.2 Å². The smallest absolute Gasteiger partial charge is 0.309 e. The van der Waals surface area contributed by atoms with Crippen molar-refractivity contribution in [3.05, 3.63) is 11.6 Å². The number of methoxy groups -OCH3 is 2. The van der Waals surface area contributed by atoms with Gasteiger partial charge in [0.2, 0.25) is 0 Å². The fraction of sp³-hybridized carbons (Fsp3) is 0.833. The Hall–Kier alpha value is -3.16. The number of rotatable bonds is 2. The fourth-order valence-electron chi connectivity index (χ4n) is 18.2. The van der Waals surface area contributed by atoms with Crippen molar-refractivity contribution in [1.29, 1.82) is 0 Å². The normalized spacial score (nSPS) is 56.8. The van der Waals surface area contributed by atoms with Crippen LogP contribution in [0.4, 0.5) is 0 Å². The number of carbonyl (C=O) groups is 6. The third-order valence-corrected chi connectivity index (χ3v) is 21.3. The molecule has 61 heavy (non-hydrogen) atoms. The Balaban J connectivity index is 0.000000131. The van der Waals surface area contributed by atoms with Gasteiger partial charge < -0.3 is 33.2 Å². The lowest BCUT2D eigenvalue weighted by Gasteiger charge is -2.59. The van der Waals surface area contributed by atoms with Crippen LogP contribution in [-0.2, 0) is 61.9 Å². The third-order valence-electron chi connectivity index (χ3n) is 21.3. The van der Waals surface area contributed by atoms with Crippen molar-refractivity contribution in [3.63, 3.8) is 0 Å². The number of allylic oxidation sites excluding steroid dienone is 1. The Morgan fingerprint density at radius 3 is 2.08 bits per heavy atom. The first-order chi connectivity index (χ1) is 28.9. The van der Waals surface area contributed by atoms with Gasteiger partial charge in [-0.2, -0.15) is 0 Å². The van der Waals surface area contributed by atoms with Crippen LogP contribution in [0.2, 0.25) is 0 Å². The number of esters is 4. The van der Waals surface area contributed by atoms with Crippen molar-refractivity contribution >= 4 is 35.4 Å². The summed E-state index contributed by atoms with van der Waals surface area (Å²) in [5, 5.41) is 0. The number of hydrogen-bond donors (Lipinski definition) is 0. The van der Waals surface area contributed by atoms with Gasteiger partial charge in [-0.25, -0.2) is 0 Å². The van der Waals surface area contributed by atoms with Gasteiger partial charge in [-0.05, 0) is 99.9 Å². The van der Waals surface area contributed by atoms with E-state index in [9.17, 15) is 28.8 Å². The van der Waals surface area contributed by atoms with Gasteiger partial charge in [0, 0.05) is 53.8 Å². The van der Waals surface area contributed by atoms with Crippen molar-refractivity contribution in [1.82, 2.24) is 0 Å². The van der Waals surface area contributed by atoms with Crippen molar-refractivity contribution in [3.8, 4) is 0 Å². The fourth-order valence-corrected chi connectivity index (χ4v) is 18.2. The molecule has 0 bridgehead atoms. The summed E-state index contributed by atoms with van der Waals surface area (Å²) in [6.45, 7) is 9.02. The van der Waals surface area contributed by atoms with Gasteiger partial charge in [0.15, 0.2) is 11.6 Å². The predicted molar refractivity (Wildman–Crippen MR) is 210 cm³/mol. The molecule has 0 aromatic rings. The SMILES string of the molecule is COC(=O)[C@@H]1CC23O[C@@H]2C(=O)CC[C@]3(C)[C@@]23O[C@@H]2C[C@@]2(C)C(CC[C@@]24CCC(=O)O4)C13.COC(=O)[C@@H]1CC2=CC(=O)CC[C@]2(C)C2C1C1CC[C@@]3(CCC(=O)O3)[C@@]1(C)[C@H]1O[C@@H]21. The number of carbonyl (C=O) groups excluding carboxylic acids is 6. The maximum atomic E-state index is 13.2. The minimum atomic E-state index is -0.601. The number of fused-ring (bicyclic) bond motifs is 12. The van der Waals surface area contributed by atoms with E-state index in [1.54, 1.807) is 6.08 Å². The van der Waals surface area contributed by atoms with Crippen LogP contribution in [0.3, 0.4) is 0 Å². The second kappa shape index (κ2) is 11.9. The summed E-state index contributed by atoms with van der Waals surface area (Å²) in [6.07, 6.45) is 12.1. The van der Waals surface area contributed by atoms with E-state index in [1.807, 2.05) is 0 Å². The summed E-state index contributed by atoms with van der Waals surface area (Å²) >= 11 is 0. The Labute approximate surface area is 356 Å². The minimum absolute atomic E-state index is 0.000380. The molecule has 13 heteroatoms. The molecule has 13 aliphatic rings. The molecule has 4 spiro atoms. The average molecular weight is 845 g/mol. The van der Waals surface area contributed by atoms with Crippen molar-refractivity contribution in [2.45, 2.75) is 171 Å². The highest BCUT2D eigenvalue weighted by molar-refractivity contribution is 5.92. The molecule has 13 nitrogen and oxygen atoms in total. The molecule has 0 amide bonds. The second-order valence-electron chi connectivity index (χ2n) is 22.6. The molecule has 6 unspecified atom stereocenters. The monoisotopic (exact) mass is 844 g/mol. The first-order valence-corrected chi connectivity index (χ1v) is 23.3. The molecule has 12 fully saturated rings. The van der Waals surface area contributed by atoms with Gasteiger partial charge in [0.1, 0.15) is 28.5 Å². The van der Waals surface area contributed by atoms with Crippen LogP contribution < -0.4 is 0 Å². The Morgan fingerprint density at radius 1 is 0.721 bits per heavy atom.